The van der Waals surface area contributed by atoms with Crippen LogP contribution in [0.5, 0.6) is 23.0 Å². The molecule has 9 nitrogen and oxygen atoms in total. The Morgan fingerprint density at radius 2 is 1.71 bits per heavy atom. The molecule has 0 spiro atoms. The highest BCUT2D eigenvalue weighted by atomic mass is 79.9. The minimum absolute atomic E-state index is 0.0469. The molecule has 214 valence electrons. The molecule has 0 saturated heterocycles. The van der Waals surface area contributed by atoms with Crippen LogP contribution in [0.4, 0.5) is 0 Å². The maximum atomic E-state index is 12.3. The largest absolute Gasteiger partial charge is 0.497 e. The monoisotopic (exact) mass is 659 g/mol. The molecular weight excluding hydrogens is 634 g/mol. The van der Waals surface area contributed by atoms with E-state index in [1.165, 1.54) is 7.11 Å². The topological polar surface area (TPSA) is 105 Å². The van der Waals surface area contributed by atoms with Crippen molar-refractivity contribution in [1.29, 1.82) is 0 Å². The third-order valence-electron chi connectivity index (χ3n) is 5.90. The summed E-state index contributed by atoms with van der Waals surface area (Å²) in [6.07, 6.45) is 1.55. The molecule has 1 heterocycles. The summed E-state index contributed by atoms with van der Waals surface area (Å²) in [5.41, 5.74) is 2.26. The maximum Gasteiger partial charge on any atom is 0.342 e. The van der Waals surface area contributed by atoms with Gasteiger partial charge < -0.3 is 28.6 Å². The first-order valence-electron chi connectivity index (χ1n) is 12.3. The third-order valence-corrected chi connectivity index (χ3v) is 7.74. The number of halogens is 2. The molecule has 0 aliphatic heterocycles. The van der Waals surface area contributed by atoms with E-state index < -0.39 is 5.97 Å². The standard InChI is InChI=1S/C29H27BrClN3O6S/c1-5-34-27(19-13-21(37-2)15-22(14-19)38-3)32-33-29(34)41-25(28(35)36)12-18-10-23(30)26(24(11-18)39-4)40-16-17-6-8-20(31)9-7-17/h6-15H,5,16H2,1-4H3,(H,35,36)/b25-12-. The van der Waals surface area contributed by atoms with Gasteiger partial charge in [0.2, 0.25) is 0 Å². The molecule has 0 saturated carbocycles. The van der Waals surface area contributed by atoms with Crippen LogP contribution >= 0.6 is 39.3 Å². The third kappa shape index (κ3) is 7.35. The lowest BCUT2D eigenvalue weighted by molar-refractivity contribution is -0.131. The fraction of sp³-hybridized carbons (Fsp3) is 0.207. The van der Waals surface area contributed by atoms with E-state index in [1.807, 2.05) is 35.8 Å². The van der Waals surface area contributed by atoms with Gasteiger partial charge in [0.1, 0.15) is 23.0 Å². The number of carboxylic acid groups (broad SMARTS) is 1. The van der Waals surface area contributed by atoms with Crippen molar-refractivity contribution in [2.75, 3.05) is 21.3 Å². The summed E-state index contributed by atoms with van der Waals surface area (Å²) < 4.78 is 24.8. The molecule has 0 unspecified atom stereocenters. The number of carbonyl (C=O) groups is 1. The number of nitrogens with zero attached hydrogens (tertiary/aromatic N) is 3. The van der Waals surface area contributed by atoms with Gasteiger partial charge in [-0.3, -0.25) is 0 Å². The van der Waals surface area contributed by atoms with Gasteiger partial charge in [-0.25, -0.2) is 4.79 Å². The van der Waals surface area contributed by atoms with E-state index in [4.69, 9.17) is 30.5 Å². The van der Waals surface area contributed by atoms with Gasteiger partial charge in [-0.1, -0.05) is 23.7 Å². The fourth-order valence-corrected chi connectivity index (χ4v) is 5.47. The van der Waals surface area contributed by atoms with E-state index in [1.54, 1.807) is 50.6 Å². The van der Waals surface area contributed by atoms with Crippen LogP contribution in [0.15, 0.2) is 69.1 Å². The zero-order chi connectivity index (χ0) is 29.5. The van der Waals surface area contributed by atoms with Crippen LogP contribution in [-0.4, -0.2) is 47.2 Å². The van der Waals surface area contributed by atoms with Crippen LogP contribution in [0.25, 0.3) is 17.5 Å². The molecule has 0 amide bonds. The number of hydrogen-bond acceptors (Lipinski definition) is 8. The lowest BCUT2D eigenvalue weighted by Gasteiger charge is -2.14. The first-order chi connectivity index (χ1) is 19.8. The van der Waals surface area contributed by atoms with Gasteiger partial charge in [0.15, 0.2) is 22.5 Å². The molecule has 0 atom stereocenters. The normalized spacial score (nSPS) is 11.3. The molecule has 41 heavy (non-hydrogen) atoms. The van der Waals surface area contributed by atoms with Crippen molar-refractivity contribution >= 4 is 51.3 Å². The van der Waals surface area contributed by atoms with Gasteiger partial charge >= 0.3 is 5.97 Å². The zero-order valence-electron chi connectivity index (χ0n) is 22.7. The minimum Gasteiger partial charge on any atom is -0.497 e. The van der Waals surface area contributed by atoms with Gasteiger partial charge in [-0.2, -0.15) is 0 Å². The summed E-state index contributed by atoms with van der Waals surface area (Å²) in [5.74, 6) is 1.59. The number of rotatable bonds is 12. The number of hydrogen-bond donors (Lipinski definition) is 1. The quantitative estimate of drug-likeness (QED) is 0.125. The molecule has 12 heteroatoms. The molecule has 0 fully saturated rings. The van der Waals surface area contributed by atoms with E-state index in [0.29, 0.717) is 62.2 Å². The van der Waals surface area contributed by atoms with Crippen LogP contribution in [0.1, 0.15) is 18.1 Å². The number of aromatic nitrogens is 3. The second kappa shape index (κ2) is 13.8. The highest BCUT2D eigenvalue weighted by Gasteiger charge is 2.20. The summed E-state index contributed by atoms with van der Waals surface area (Å²) in [6, 6.07) is 16.2. The lowest BCUT2D eigenvalue weighted by atomic mass is 10.2. The Kier molecular flexibility index (Phi) is 10.2. The first kappa shape index (κ1) is 30.3. The van der Waals surface area contributed by atoms with Crippen LogP contribution in [0, 0.1) is 0 Å². The Labute approximate surface area is 255 Å². The van der Waals surface area contributed by atoms with E-state index >= 15 is 0 Å². The zero-order valence-corrected chi connectivity index (χ0v) is 25.8. The highest BCUT2D eigenvalue weighted by Crippen LogP contribution is 2.39. The lowest BCUT2D eigenvalue weighted by Crippen LogP contribution is -2.03. The molecule has 3 aromatic carbocycles. The van der Waals surface area contributed by atoms with Gasteiger partial charge in [0, 0.05) is 23.2 Å². The summed E-state index contributed by atoms with van der Waals surface area (Å²) in [7, 11) is 4.66. The number of carboxylic acids is 1. The summed E-state index contributed by atoms with van der Waals surface area (Å²) in [6.45, 7) is 2.74. The van der Waals surface area contributed by atoms with Crippen LogP contribution in [0.3, 0.4) is 0 Å². The molecule has 0 aliphatic carbocycles. The number of benzene rings is 3. The fourth-order valence-electron chi connectivity index (χ4n) is 3.88. The molecule has 4 rings (SSSR count). The van der Waals surface area contributed by atoms with E-state index in [-0.39, 0.29) is 4.91 Å². The SMILES string of the molecule is CCn1c(S/C(=C\c2cc(Br)c(OCc3ccc(Cl)cc3)c(OC)c2)C(=O)O)nnc1-c1cc(OC)cc(OC)c1. The van der Waals surface area contributed by atoms with Gasteiger partial charge in [-0.05, 0) is 88.2 Å². The summed E-state index contributed by atoms with van der Waals surface area (Å²) in [4.78, 5) is 12.3. The van der Waals surface area contributed by atoms with E-state index in [9.17, 15) is 9.90 Å². The molecule has 1 aromatic heterocycles. The van der Waals surface area contributed by atoms with Crippen LogP contribution in [0.2, 0.25) is 5.02 Å². The summed E-state index contributed by atoms with van der Waals surface area (Å²) >= 11 is 10.5. The van der Waals surface area contributed by atoms with Crippen LogP contribution < -0.4 is 18.9 Å². The van der Waals surface area contributed by atoms with Crippen molar-refractivity contribution in [1.82, 2.24) is 14.8 Å². The molecule has 0 radical (unpaired) electrons. The van der Waals surface area contributed by atoms with Crippen molar-refractivity contribution in [3.8, 4) is 34.4 Å². The van der Waals surface area contributed by atoms with Crippen molar-refractivity contribution < 1.29 is 28.8 Å². The predicted molar refractivity (Wildman–Crippen MR) is 162 cm³/mol. The Morgan fingerprint density at radius 1 is 1.02 bits per heavy atom. The molecule has 0 bridgehead atoms. The minimum atomic E-state index is -1.11. The van der Waals surface area contributed by atoms with Gasteiger partial charge in [0.25, 0.3) is 0 Å². The van der Waals surface area contributed by atoms with E-state index in [0.717, 1.165) is 22.9 Å². The Balaban J connectivity index is 1.63. The number of methoxy groups -OCH3 is 3. The van der Waals surface area contributed by atoms with Crippen molar-refractivity contribution in [2.24, 2.45) is 0 Å². The Morgan fingerprint density at radius 3 is 2.29 bits per heavy atom. The van der Waals surface area contributed by atoms with Crippen molar-refractivity contribution in [3.63, 3.8) is 0 Å². The van der Waals surface area contributed by atoms with Gasteiger partial charge in [-0.15, -0.1) is 10.2 Å². The van der Waals surface area contributed by atoms with Crippen molar-refractivity contribution in [2.45, 2.75) is 25.2 Å². The molecular formula is C29H27BrClN3O6S. The predicted octanol–water partition coefficient (Wildman–Crippen LogP) is 7.20. The molecule has 1 N–H and O–H groups in total. The first-order valence-corrected chi connectivity index (χ1v) is 14.3. The van der Waals surface area contributed by atoms with E-state index in [2.05, 4.69) is 26.1 Å². The average molecular weight is 661 g/mol. The highest BCUT2D eigenvalue weighted by molar-refractivity contribution is 9.10. The van der Waals surface area contributed by atoms with Gasteiger partial charge in [0.05, 0.1) is 25.8 Å². The molecule has 0 aliphatic rings. The Hall–Kier alpha value is -3.67. The number of thioether (sulfide) groups is 1. The average Bonchev–Trinajstić information content (AvgIpc) is 3.39. The number of ether oxygens (including phenoxy) is 4. The number of aliphatic carboxylic acids is 1. The van der Waals surface area contributed by atoms with Crippen LogP contribution in [-0.2, 0) is 17.9 Å². The Bertz CT molecular complexity index is 1550. The maximum absolute atomic E-state index is 12.3. The smallest absolute Gasteiger partial charge is 0.342 e. The second-order valence-corrected chi connectivity index (χ2v) is 10.8. The van der Waals surface area contributed by atoms with Crippen molar-refractivity contribution in [3.05, 3.63) is 80.1 Å². The second-order valence-electron chi connectivity index (χ2n) is 8.52. The summed E-state index contributed by atoms with van der Waals surface area (Å²) in [5, 5.41) is 19.7. The molecule has 4 aromatic rings.